The molecule has 0 heterocycles. The van der Waals surface area contributed by atoms with Crippen LogP contribution in [0.3, 0.4) is 0 Å². The number of rotatable bonds is 6. The van der Waals surface area contributed by atoms with Crippen molar-refractivity contribution in [1.82, 2.24) is 0 Å². The lowest BCUT2D eigenvalue weighted by atomic mass is 11.8. The summed E-state index contributed by atoms with van der Waals surface area (Å²) in [7, 11) is 10.4. The molecule has 0 atom stereocenters. The molecule has 12 radical (unpaired) electrons. The van der Waals surface area contributed by atoms with Crippen LogP contribution in [0.15, 0.2) is 0 Å². The first-order valence-corrected chi connectivity index (χ1v) is 8.49. The molecule has 0 unspecified atom stereocenters. The van der Waals surface area contributed by atoms with Crippen LogP contribution in [0, 0.1) is 0 Å². The second kappa shape index (κ2) is 9.08. The molecule has 0 amide bonds. The van der Waals surface area contributed by atoms with Crippen LogP contribution < -0.4 is 0 Å². The van der Waals surface area contributed by atoms with E-state index in [9.17, 15) is 0 Å². The summed E-state index contributed by atoms with van der Waals surface area (Å²) in [6.45, 7) is 0. The lowest BCUT2D eigenvalue weighted by Gasteiger charge is -1.92. The molecule has 0 fully saturated rings. The molecule has 0 bridgehead atoms. The van der Waals surface area contributed by atoms with Crippen LogP contribution >= 0.6 is 0 Å². The molecule has 0 N–H and O–H groups in total. The molecule has 0 spiro atoms. The Morgan fingerprint density at radius 2 is 1.22 bits per heavy atom. The monoisotopic (exact) mass is 196 g/mol. The van der Waals surface area contributed by atoms with Gasteiger partial charge >= 0.3 is 0 Å². The van der Waals surface area contributed by atoms with Crippen LogP contribution in [-0.4, -0.2) is 49.0 Å². The zero-order valence-corrected chi connectivity index (χ0v) is 10.3. The van der Waals surface area contributed by atoms with Crippen molar-refractivity contribution in [3.63, 3.8) is 0 Å². The van der Waals surface area contributed by atoms with E-state index >= 15 is 0 Å². The molecule has 5 heteroatoms. The topological polar surface area (TPSA) is 0 Å². The predicted molar refractivity (Wildman–Crippen MR) is 48.0 cm³/mol. The van der Waals surface area contributed by atoms with Crippen LogP contribution in [0.1, 0.15) is 0 Å². The average molecular weight is 197 g/mol. The zero-order chi connectivity index (χ0) is 6.95. The fraction of sp³-hybridized carbons (Fsp3) is 1.00. The van der Waals surface area contributed by atoms with Crippen molar-refractivity contribution >= 4 is 49.0 Å². The van der Waals surface area contributed by atoms with Crippen molar-refractivity contribution in [3.8, 4) is 0 Å². The minimum atomic E-state index is 1.14. The van der Waals surface area contributed by atoms with Crippen molar-refractivity contribution in [2.45, 2.75) is 22.7 Å². The molecule has 0 rings (SSSR count). The smallest absolute Gasteiger partial charge is 0.0307 e. The van der Waals surface area contributed by atoms with E-state index in [0.717, 1.165) is 19.0 Å². The van der Waals surface area contributed by atoms with Crippen LogP contribution in [0.2, 0.25) is 22.7 Å². The van der Waals surface area contributed by atoms with Gasteiger partial charge in [0.1, 0.15) is 0 Å². The van der Waals surface area contributed by atoms with Gasteiger partial charge in [-0.2, -0.15) is 0 Å². The normalized spacial score (nSPS) is 10.0. The molecule has 0 aliphatic heterocycles. The minimum absolute atomic E-state index is 1.14. The zero-order valence-electron chi connectivity index (χ0n) is 5.33. The molecule has 0 aliphatic rings. The summed E-state index contributed by atoms with van der Waals surface area (Å²) < 4.78 is 0. The molecule has 0 aromatic rings. The van der Waals surface area contributed by atoms with Crippen molar-refractivity contribution in [2.24, 2.45) is 0 Å². The highest BCUT2D eigenvalue weighted by Gasteiger charge is 1.89. The van der Waals surface area contributed by atoms with E-state index in [2.05, 4.69) is 20.5 Å². The molecule has 44 valence electrons. The third kappa shape index (κ3) is 9.08. The highest BCUT2D eigenvalue weighted by molar-refractivity contribution is 6.67. The molecule has 0 saturated carbocycles. The Hall–Kier alpha value is 1.08. The van der Waals surface area contributed by atoms with Crippen molar-refractivity contribution in [3.05, 3.63) is 0 Å². The molecular weight excluding hydrogens is 188 g/mol. The predicted octanol–water partition coefficient (Wildman–Crippen LogP) is -0.0608. The quantitative estimate of drug-likeness (QED) is 0.413. The molecule has 9 heavy (non-hydrogen) atoms. The summed E-state index contributed by atoms with van der Waals surface area (Å²) in [4.78, 5) is 0. The first kappa shape index (κ1) is 10.1. The maximum absolute atomic E-state index is 3.47. The Labute approximate surface area is 71.9 Å². The summed E-state index contributed by atoms with van der Waals surface area (Å²) in [6.07, 6.45) is 0. The minimum Gasteiger partial charge on any atom is -0.0718 e. The van der Waals surface area contributed by atoms with Gasteiger partial charge in [0, 0.05) is 49.0 Å². The first-order valence-electron chi connectivity index (χ1n) is 2.83. The second-order valence-electron chi connectivity index (χ2n) is 1.46. The third-order valence-electron chi connectivity index (χ3n) is 0.750. The first-order chi connectivity index (χ1) is 4.41. The molecule has 0 nitrogen and oxygen atoms in total. The molecule has 0 saturated heterocycles. The van der Waals surface area contributed by atoms with E-state index in [-0.39, 0.29) is 0 Å². The number of hydrogen-bond donors (Lipinski definition) is 0. The molecular formula is C4H8Si5. The van der Waals surface area contributed by atoms with Crippen molar-refractivity contribution in [2.75, 3.05) is 0 Å². The van der Waals surface area contributed by atoms with Crippen LogP contribution in [0.25, 0.3) is 0 Å². The Morgan fingerprint density at radius 3 is 1.56 bits per heavy atom. The lowest BCUT2D eigenvalue weighted by Crippen LogP contribution is -2.01. The van der Waals surface area contributed by atoms with Gasteiger partial charge in [-0.3, -0.25) is 0 Å². The standard InChI is InChI=1S/C4H8Si5/c5-1-7-3-9-4-8-2-6/h1-4H2. The largest absolute Gasteiger partial charge is 0.0718 e. The van der Waals surface area contributed by atoms with Crippen molar-refractivity contribution < 1.29 is 0 Å². The summed E-state index contributed by atoms with van der Waals surface area (Å²) >= 11 is 0. The average Bonchev–Trinajstić information content (AvgIpc) is 1.89. The van der Waals surface area contributed by atoms with E-state index in [0.29, 0.717) is 0 Å². The molecule has 0 aromatic carbocycles. The van der Waals surface area contributed by atoms with Gasteiger partial charge in [-0.15, -0.1) is 0 Å². The highest BCUT2D eigenvalue weighted by atomic mass is 28.3. The summed E-state index contributed by atoms with van der Waals surface area (Å²) in [5, 5.41) is 0. The highest BCUT2D eigenvalue weighted by Crippen LogP contribution is 1.85. The fourth-order valence-electron chi connectivity index (χ4n) is 0.364. The van der Waals surface area contributed by atoms with Crippen LogP contribution in [-0.2, 0) is 0 Å². The second-order valence-corrected chi connectivity index (χ2v) is 8.61. The van der Waals surface area contributed by atoms with Crippen LogP contribution in [0.5, 0.6) is 0 Å². The Bertz CT molecular complexity index is 42.2. The molecule has 0 aliphatic carbocycles. The number of hydrogen-bond acceptors (Lipinski definition) is 0. The van der Waals surface area contributed by atoms with Crippen molar-refractivity contribution in [1.29, 1.82) is 0 Å². The Morgan fingerprint density at radius 1 is 0.778 bits per heavy atom. The Kier molecular flexibility index (Phi) is 10.2. The SMILES string of the molecule is [Si]C[Si]C[Si]C[Si]C[Si]. The Balaban J connectivity index is 2.60. The van der Waals surface area contributed by atoms with E-state index in [1.165, 1.54) is 32.2 Å². The summed E-state index contributed by atoms with van der Waals surface area (Å²) in [5.74, 6) is 0. The summed E-state index contributed by atoms with van der Waals surface area (Å²) in [5.41, 5.74) is 5.29. The van der Waals surface area contributed by atoms with E-state index in [4.69, 9.17) is 0 Å². The fourth-order valence-corrected chi connectivity index (χ4v) is 6.65. The lowest BCUT2D eigenvalue weighted by molar-refractivity contribution is 1.78. The maximum Gasteiger partial charge on any atom is 0.0307 e. The van der Waals surface area contributed by atoms with Gasteiger partial charge in [-0.25, -0.2) is 0 Å². The van der Waals surface area contributed by atoms with Gasteiger partial charge in [0.05, 0.1) is 0 Å². The van der Waals surface area contributed by atoms with Gasteiger partial charge < -0.3 is 0 Å². The maximum atomic E-state index is 3.47. The van der Waals surface area contributed by atoms with E-state index < -0.39 is 0 Å². The third-order valence-corrected chi connectivity index (χ3v) is 6.75. The van der Waals surface area contributed by atoms with Gasteiger partial charge in [-0.1, -0.05) is 22.7 Å². The van der Waals surface area contributed by atoms with E-state index in [1.54, 1.807) is 0 Å². The van der Waals surface area contributed by atoms with Crippen LogP contribution in [0.4, 0.5) is 0 Å². The van der Waals surface area contributed by atoms with Gasteiger partial charge in [0.2, 0.25) is 0 Å². The van der Waals surface area contributed by atoms with Gasteiger partial charge in [0.25, 0.3) is 0 Å². The van der Waals surface area contributed by atoms with Gasteiger partial charge in [-0.05, 0) is 0 Å². The molecule has 0 aromatic heterocycles. The van der Waals surface area contributed by atoms with E-state index in [1.807, 2.05) is 0 Å². The van der Waals surface area contributed by atoms with Gasteiger partial charge in [0.15, 0.2) is 0 Å². The summed E-state index contributed by atoms with van der Waals surface area (Å²) in [6, 6.07) is 0.